The van der Waals surface area contributed by atoms with Crippen LogP contribution in [0.1, 0.15) is 30.5 Å². The van der Waals surface area contributed by atoms with Gasteiger partial charge in [-0.1, -0.05) is 31.5 Å². The summed E-state index contributed by atoms with van der Waals surface area (Å²) in [6.45, 7) is 10.3. The fraction of sp³-hybridized carbons (Fsp3) is 0.400. The monoisotopic (exact) mass is 404 g/mol. The third-order valence-corrected chi connectivity index (χ3v) is 6.48. The van der Waals surface area contributed by atoms with Gasteiger partial charge in [0.25, 0.3) is 0 Å². The van der Waals surface area contributed by atoms with Gasteiger partial charge < -0.3 is 10.6 Å². The second-order valence-corrected chi connectivity index (χ2v) is 8.58. The number of hydrogen-bond acceptors (Lipinski definition) is 5. The average molecular weight is 405 g/mol. The van der Waals surface area contributed by atoms with E-state index in [2.05, 4.69) is 15.6 Å². The number of hydrogen-bond donors (Lipinski definition) is 2. The molecule has 0 saturated heterocycles. The van der Waals surface area contributed by atoms with Crippen molar-refractivity contribution in [3.05, 3.63) is 47.2 Å². The fourth-order valence-corrected chi connectivity index (χ4v) is 4.49. The summed E-state index contributed by atoms with van der Waals surface area (Å²) in [4.78, 5) is 16.5. The maximum absolute atomic E-state index is 12.5. The van der Waals surface area contributed by atoms with Gasteiger partial charge in [-0.05, 0) is 44.0 Å². The van der Waals surface area contributed by atoms with Gasteiger partial charge in [0.15, 0.2) is 0 Å². The van der Waals surface area contributed by atoms with Gasteiger partial charge in [-0.25, -0.2) is 13.4 Å². The smallest absolute Gasteiger partial charge is 0.244 e. The van der Waals surface area contributed by atoms with E-state index < -0.39 is 10.0 Å². The quantitative estimate of drug-likeness (QED) is 0.705. The minimum Gasteiger partial charge on any atom is -0.361 e. The number of amides is 1. The molecule has 0 atom stereocenters. The summed E-state index contributed by atoms with van der Waals surface area (Å²) in [7, 11) is -3.54. The molecular weight excluding hydrogens is 376 g/mol. The molecule has 7 nitrogen and oxygen atoms in total. The van der Waals surface area contributed by atoms with Crippen LogP contribution in [-0.4, -0.2) is 43.2 Å². The predicted octanol–water partition coefficient (Wildman–Crippen LogP) is 3.09. The highest BCUT2D eigenvalue weighted by Crippen LogP contribution is 2.22. The summed E-state index contributed by atoms with van der Waals surface area (Å²) in [5.74, 6) is 0.239. The van der Waals surface area contributed by atoms with Gasteiger partial charge in [0, 0.05) is 25.0 Å². The molecule has 0 saturated carbocycles. The largest absolute Gasteiger partial charge is 0.361 e. The van der Waals surface area contributed by atoms with E-state index in [4.69, 9.17) is 0 Å². The first-order valence-corrected chi connectivity index (χ1v) is 10.7. The van der Waals surface area contributed by atoms with E-state index in [1.165, 1.54) is 16.6 Å². The van der Waals surface area contributed by atoms with Crippen LogP contribution < -0.4 is 10.6 Å². The highest BCUT2D eigenvalue weighted by molar-refractivity contribution is 7.89. The van der Waals surface area contributed by atoms with E-state index in [9.17, 15) is 13.2 Å². The van der Waals surface area contributed by atoms with Crippen LogP contribution in [-0.2, 0) is 14.8 Å². The Balaban J connectivity index is 2.01. The van der Waals surface area contributed by atoms with Crippen molar-refractivity contribution in [2.75, 3.05) is 30.3 Å². The Labute approximate surface area is 167 Å². The molecule has 0 aliphatic carbocycles. The highest BCUT2D eigenvalue weighted by Gasteiger charge is 2.21. The molecule has 1 amide bonds. The highest BCUT2D eigenvalue weighted by atomic mass is 32.2. The van der Waals surface area contributed by atoms with Crippen molar-refractivity contribution in [2.24, 2.45) is 0 Å². The topological polar surface area (TPSA) is 91.4 Å². The molecule has 1 aromatic heterocycles. The minimum absolute atomic E-state index is 0.0297. The number of sulfonamides is 1. The molecule has 0 bridgehead atoms. The molecule has 152 valence electrons. The number of carbonyl (C=O) groups is 1. The minimum atomic E-state index is -3.54. The number of aromatic nitrogens is 1. The molecule has 1 aromatic carbocycles. The van der Waals surface area contributed by atoms with Crippen molar-refractivity contribution in [1.29, 1.82) is 0 Å². The molecule has 0 aliphatic heterocycles. The third-order valence-electron chi connectivity index (χ3n) is 4.45. The van der Waals surface area contributed by atoms with Gasteiger partial charge in [-0.2, -0.15) is 4.31 Å². The van der Waals surface area contributed by atoms with E-state index in [0.717, 1.165) is 22.4 Å². The molecule has 0 fully saturated rings. The molecule has 1 heterocycles. The van der Waals surface area contributed by atoms with Gasteiger partial charge in [-0.15, -0.1) is 0 Å². The average Bonchev–Trinajstić information content (AvgIpc) is 2.64. The van der Waals surface area contributed by atoms with Gasteiger partial charge >= 0.3 is 0 Å². The van der Waals surface area contributed by atoms with Crippen molar-refractivity contribution >= 4 is 27.4 Å². The van der Waals surface area contributed by atoms with Gasteiger partial charge in [-0.3, -0.25) is 4.79 Å². The van der Waals surface area contributed by atoms with Crippen LogP contribution >= 0.6 is 0 Å². The van der Waals surface area contributed by atoms with Crippen LogP contribution in [0.3, 0.4) is 0 Å². The van der Waals surface area contributed by atoms with Crippen LogP contribution in [0.2, 0.25) is 0 Å². The maximum atomic E-state index is 12.5. The zero-order valence-corrected chi connectivity index (χ0v) is 17.9. The summed E-state index contributed by atoms with van der Waals surface area (Å²) in [5, 5.41) is 5.83. The first-order valence-electron chi connectivity index (χ1n) is 9.26. The molecular formula is C20H28N4O3S. The Hall–Kier alpha value is -2.45. The predicted molar refractivity (Wildman–Crippen MR) is 112 cm³/mol. The lowest BCUT2D eigenvalue weighted by Crippen LogP contribution is -2.30. The van der Waals surface area contributed by atoms with E-state index in [-0.39, 0.29) is 17.3 Å². The molecule has 2 rings (SSSR count). The van der Waals surface area contributed by atoms with Crippen LogP contribution in [0.25, 0.3) is 0 Å². The van der Waals surface area contributed by atoms with Crippen LogP contribution in [0.15, 0.2) is 35.4 Å². The zero-order valence-electron chi connectivity index (χ0n) is 17.0. The summed E-state index contributed by atoms with van der Waals surface area (Å²) in [6.07, 6.45) is 1.31. The number of pyridine rings is 1. The number of aryl methyl sites for hydroxylation is 3. The fourth-order valence-electron chi connectivity index (χ4n) is 3.08. The number of benzene rings is 1. The van der Waals surface area contributed by atoms with Gasteiger partial charge in [0.1, 0.15) is 10.7 Å². The van der Waals surface area contributed by atoms with Gasteiger partial charge in [0.2, 0.25) is 15.9 Å². The first kappa shape index (κ1) is 21.8. The van der Waals surface area contributed by atoms with E-state index in [1.807, 2.05) is 32.9 Å². The molecule has 2 N–H and O–H groups in total. The standard InChI is InChI=1S/C20H28N4O3S/c1-6-24(7-2)28(26,27)17-8-9-18(21-12-17)22-13-19(25)23-20-15(4)10-14(3)11-16(20)5/h8-12H,6-7,13H2,1-5H3,(H,21,22)(H,23,25). The number of anilines is 2. The van der Waals surface area contributed by atoms with Crippen molar-refractivity contribution in [1.82, 2.24) is 9.29 Å². The summed E-state index contributed by atoms with van der Waals surface area (Å²) < 4.78 is 26.3. The molecule has 0 aliphatic rings. The Morgan fingerprint density at radius 2 is 1.68 bits per heavy atom. The van der Waals surface area contributed by atoms with E-state index >= 15 is 0 Å². The second-order valence-electron chi connectivity index (χ2n) is 6.64. The number of nitrogens with one attached hydrogen (secondary N) is 2. The summed E-state index contributed by atoms with van der Waals surface area (Å²) in [6, 6.07) is 7.10. The Kier molecular flexibility index (Phi) is 7.15. The molecule has 0 spiro atoms. The molecule has 0 unspecified atom stereocenters. The van der Waals surface area contributed by atoms with Crippen molar-refractivity contribution in [2.45, 2.75) is 39.5 Å². The Bertz CT molecular complexity index is 913. The third kappa shape index (κ3) is 5.08. The SMILES string of the molecule is CCN(CC)S(=O)(=O)c1ccc(NCC(=O)Nc2c(C)cc(C)cc2C)nc1. The first-order chi connectivity index (χ1) is 13.2. The normalized spacial score (nSPS) is 11.5. The molecule has 0 radical (unpaired) electrons. The Morgan fingerprint density at radius 3 is 2.18 bits per heavy atom. The zero-order chi connectivity index (χ0) is 20.9. The van der Waals surface area contributed by atoms with Crippen LogP contribution in [0.5, 0.6) is 0 Å². The lowest BCUT2D eigenvalue weighted by atomic mass is 10.1. The molecule has 8 heteroatoms. The Morgan fingerprint density at radius 1 is 1.07 bits per heavy atom. The van der Waals surface area contributed by atoms with Crippen LogP contribution in [0, 0.1) is 20.8 Å². The molecule has 28 heavy (non-hydrogen) atoms. The number of rotatable bonds is 8. The maximum Gasteiger partial charge on any atom is 0.244 e. The second kappa shape index (κ2) is 9.16. The van der Waals surface area contributed by atoms with Crippen molar-refractivity contribution in [3.63, 3.8) is 0 Å². The lowest BCUT2D eigenvalue weighted by Gasteiger charge is -2.18. The van der Waals surface area contributed by atoms with Crippen molar-refractivity contribution < 1.29 is 13.2 Å². The number of nitrogens with zero attached hydrogens (tertiary/aromatic N) is 2. The van der Waals surface area contributed by atoms with Crippen molar-refractivity contribution in [3.8, 4) is 0 Å². The van der Waals surface area contributed by atoms with E-state index in [0.29, 0.717) is 18.9 Å². The van der Waals surface area contributed by atoms with E-state index in [1.54, 1.807) is 19.9 Å². The molecule has 2 aromatic rings. The number of carbonyl (C=O) groups excluding carboxylic acids is 1. The summed E-state index contributed by atoms with van der Waals surface area (Å²) >= 11 is 0. The lowest BCUT2D eigenvalue weighted by molar-refractivity contribution is -0.114. The summed E-state index contributed by atoms with van der Waals surface area (Å²) in [5.41, 5.74) is 3.98. The van der Waals surface area contributed by atoms with Crippen LogP contribution in [0.4, 0.5) is 11.5 Å². The van der Waals surface area contributed by atoms with Gasteiger partial charge in [0.05, 0.1) is 6.54 Å².